The third-order valence-corrected chi connectivity index (χ3v) is 5.29. The van der Waals surface area contributed by atoms with E-state index in [0.29, 0.717) is 30.1 Å². The zero-order valence-corrected chi connectivity index (χ0v) is 17.2. The summed E-state index contributed by atoms with van der Waals surface area (Å²) in [5.41, 5.74) is 8.78. The molecule has 3 rings (SSSR count). The van der Waals surface area contributed by atoms with Gasteiger partial charge in [0.25, 0.3) is 0 Å². The van der Waals surface area contributed by atoms with Gasteiger partial charge in [-0.15, -0.1) is 0 Å². The molecule has 1 saturated heterocycles. The summed E-state index contributed by atoms with van der Waals surface area (Å²) in [7, 11) is 1.84. The third-order valence-electron chi connectivity index (χ3n) is 5.29. The number of piperidine rings is 1. The van der Waals surface area contributed by atoms with Crippen LogP contribution in [0.25, 0.3) is 0 Å². The van der Waals surface area contributed by atoms with Crippen molar-refractivity contribution < 1.29 is 0 Å². The van der Waals surface area contributed by atoms with E-state index < -0.39 is 0 Å². The molecule has 2 N–H and O–H groups in total. The summed E-state index contributed by atoms with van der Waals surface area (Å²) in [5.74, 6) is 0.656. The summed E-state index contributed by atoms with van der Waals surface area (Å²) in [4.78, 5) is 20.5. The lowest BCUT2D eigenvalue weighted by molar-refractivity contribution is 0.486. The molecule has 7 heteroatoms. The van der Waals surface area contributed by atoms with Crippen LogP contribution in [0.5, 0.6) is 0 Å². The molecule has 1 aliphatic heterocycles. The fourth-order valence-corrected chi connectivity index (χ4v) is 3.88. The van der Waals surface area contributed by atoms with Gasteiger partial charge < -0.3 is 10.6 Å². The van der Waals surface area contributed by atoms with Crippen molar-refractivity contribution in [2.45, 2.75) is 51.6 Å². The van der Waals surface area contributed by atoms with Crippen molar-refractivity contribution in [3.8, 4) is 6.07 Å². The number of benzene rings is 1. The van der Waals surface area contributed by atoms with Crippen molar-refractivity contribution in [2.24, 2.45) is 5.73 Å². The van der Waals surface area contributed by atoms with Crippen molar-refractivity contribution >= 4 is 19.3 Å². The molecular weight excluding hydrogens is 349 g/mol. The van der Waals surface area contributed by atoms with Crippen molar-refractivity contribution in [1.29, 1.82) is 5.26 Å². The zero-order chi connectivity index (χ0) is 20.5. The molecule has 6 nitrogen and oxygen atoms in total. The molecule has 0 aliphatic carbocycles. The van der Waals surface area contributed by atoms with Gasteiger partial charge in [-0.1, -0.05) is 39.0 Å². The van der Waals surface area contributed by atoms with Crippen molar-refractivity contribution in [3.05, 3.63) is 51.4 Å². The molecule has 0 spiro atoms. The fourth-order valence-electron chi connectivity index (χ4n) is 3.88. The van der Waals surface area contributed by atoms with Crippen LogP contribution in [-0.4, -0.2) is 36.5 Å². The van der Waals surface area contributed by atoms with Gasteiger partial charge in [0.05, 0.1) is 18.2 Å². The molecule has 146 valence electrons. The maximum absolute atomic E-state index is 13.4. The van der Waals surface area contributed by atoms with Gasteiger partial charge in [0.1, 0.15) is 7.85 Å². The molecule has 0 radical (unpaired) electrons. The lowest BCUT2D eigenvalue weighted by Gasteiger charge is -2.34. The van der Waals surface area contributed by atoms with E-state index in [1.807, 2.05) is 26.0 Å². The second-order valence-electron chi connectivity index (χ2n) is 8.64. The molecule has 28 heavy (non-hydrogen) atoms. The average molecular weight is 377 g/mol. The van der Waals surface area contributed by atoms with Crippen LogP contribution in [0.1, 0.15) is 50.4 Å². The van der Waals surface area contributed by atoms with E-state index in [4.69, 9.17) is 10.7 Å². The topological polar surface area (TPSA) is 87.9 Å². The number of aromatic nitrogens is 2. The summed E-state index contributed by atoms with van der Waals surface area (Å²) >= 11 is 0. The van der Waals surface area contributed by atoms with Crippen LogP contribution in [-0.2, 0) is 12.0 Å². The molecule has 0 bridgehead atoms. The van der Waals surface area contributed by atoms with Crippen molar-refractivity contribution in [1.82, 2.24) is 9.55 Å². The Hall–Kier alpha value is -2.59. The first-order chi connectivity index (χ1) is 13.2. The lowest BCUT2D eigenvalue weighted by Crippen LogP contribution is -2.49. The van der Waals surface area contributed by atoms with Crippen LogP contribution in [0.15, 0.2) is 29.1 Å². The highest BCUT2D eigenvalue weighted by Crippen LogP contribution is 2.23. The van der Waals surface area contributed by atoms with Crippen molar-refractivity contribution in [3.63, 3.8) is 0 Å². The second kappa shape index (κ2) is 7.80. The molecule has 1 aromatic carbocycles. The highest BCUT2D eigenvalue weighted by molar-refractivity contribution is 6.33. The quantitative estimate of drug-likeness (QED) is 0.794. The Balaban J connectivity index is 2.18. The monoisotopic (exact) mass is 377 g/mol. The maximum atomic E-state index is 13.4. The largest absolute Gasteiger partial charge is 0.341 e. The number of nitrogens with two attached hydrogens (primary N) is 1. The van der Waals surface area contributed by atoms with E-state index in [9.17, 15) is 10.1 Å². The highest BCUT2D eigenvalue weighted by atomic mass is 16.1. The van der Waals surface area contributed by atoms with E-state index in [2.05, 4.69) is 31.7 Å². The Morgan fingerprint density at radius 1 is 1.36 bits per heavy atom. The summed E-state index contributed by atoms with van der Waals surface area (Å²) in [6.07, 6.45) is 1.96. The summed E-state index contributed by atoms with van der Waals surface area (Å²) in [6.45, 7) is 8.04. The Bertz CT molecular complexity index is 970. The fraction of sp³-hybridized carbons (Fsp3) is 0.476. The Labute approximate surface area is 167 Å². The first kappa shape index (κ1) is 20.2. The van der Waals surface area contributed by atoms with Gasteiger partial charge in [-0.25, -0.2) is 4.98 Å². The highest BCUT2D eigenvalue weighted by Gasteiger charge is 2.27. The number of nitriles is 1. The molecule has 0 saturated carbocycles. The van der Waals surface area contributed by atoms with Crippen LogP contribution in [0.2, 0.25) is 0 Å². The van der Waals surface area contributed by atoms with Gasteiger partial charge >= 0.3 is 0 Å². The number of hydrogen-bond acceptors (Lipinski definition) is 5. The van der Waals surface area contributed by atoms with Gasteiger partial charge in [0.15, 0.2) is 0 Å². The normalized spacial score (nSPS) is 17.4. The van der Waals surface area contributed by atoms with E-state index in [-0.39, 0.29) is 17.0 Å². The van der Waals surface area contributed by atoms with Crippen LogP contribution in [0.3, 0.4) is 0 Å². The summed E-state index contributed by atoms with van der Waals surface area (Å²) in [6, 6.07) is 9.69. The Morgan fingerprint density at radius 2 is 2.07 bits per heavy atom. The van der Waals surface area contributed by atoms with Crippen LogP contribution < -0.4 is 21.7 Å². The SMILES string of the molecule is Bc1c(C(C)(C)C)nc(N2CCC[C@@H](N)C2)n(Cc2ccccc2C#N)c1=O. The third kappa shape index (κ3) is 3.97. The summed E-state index contributed by atoms with van der Waals surface area (Å²) < 4.78 is 1.71. The van der Waals surface area contributed by atoms with E-state index in [1.165, 1.54) is 0 Å². The molecule has 1 aliphatic rings. The van der Waals surface area contributed by atoms with Gasteiger partial charge in [-0.05, 0) is 29.9 Å². The predicted octanol–water partition coefficient (Wildman–Crippen LogP) is 0.647. The first-order valence-corrected chi connectivity index (χ1v) is 9.83. The molecule has 2 aromatic rings. The number of anilines is 1. The Kier molecular flexibility index (Phi) is 5.62. The van der Waals surface area contributed by atoms with E-state index in [1.54, 1.807) is 10.6 Å². The first-order valence-electron chi connectivity index (χ1n) is 9.83. The number of rotatable bonds is 3. The zero-order valence-electron chi connectivity index (χ0n) is 17.2. The Morgan fingerprint density at radius 3 is 2.71 bits per heavy atom. The van der Waals surface area contributed by atoms with Crippen LogP contribution >= 0.6 is 0 Å². The minimum Gasteiger partial charge on any atom is -0.341 e. The molecule has 0 amide bonds. The second-order valence-corrected chi connectivity index (χ2v) is 8.64. The molecular formula is C21H28BN5O. The van der Waals surface area contributed by atoms with Gasteiger partial charge in [-0.3, -0.25) is 9.36 Å². The van der Waals surface area contributed by atoms with Crippen LogP contribution in [0.4, 0.5) is 5.95 Å². The van der Waals surface area contributed by atoms with Gasteiger partial charge in [0.2, 0.25) is 11.5 Å². The predicted molar refractivity (Wildman–Crippen MR) is 115 cm³/mol. The average Bonchev–Trinajstić information content (AvgIpc) is 2.65. The molecule has 2 heterocycles. The molecule has 1 aromatic heterocycles. The lowest BCUT2D eigenvalue weighted by atomic mass is 9.82. The maximum Gasteiger partial charge on any atom is 0.248 e. The minimum absolute atomic E-state index is 0.0539. The minimum atomic E-state index is -0.237. The van der Waals surface area contributed by atoms with E-state index in [0.717, 1.165) is 30.6 Å². The van der Waals surface area contributed by atoms with Gasteiger partial charge in [0, 0.05) is 30.2 Å². The molecule has 0 unspecified atom stereocenters. The van der Waals surface area contributed by atoms with E-state index >= 15 is 0 Å². The molecule has 1 fully saturated rings. The smallest absolute Gasteiger partial charge is 0.248 e. The van der Waals surface area contributed by atoms with Gasteiger partial charge in [-0.2, -0.15) is 5.26 Å². The van der Waals surface area contributed by atoms with Crippen molar-refractivity contribution in [2.75, 3.05) is 18.0 Å². The number of hydrogen-bond donors (Lipinski definition) is 1. The van der Waals surface area contributed by atoms with Crippen LogP contribution in [0, 0.1) is 11.3 Å². The molecule has 1 atom stereocenters. The number of nitrogens with zero attached hydrogens (tertiary/aromatic N) is 4. The summed E-state index contributed by atoms with van der Waals surface area (Å²) in [5, 5.41) is 9.44. The standard InChI is InChI=1S/C21H28BN5O/c1-21(2,3)18-17(22)19(28)27(12-15-8-5-4-7-14(15)11-23)20(25-18)26-10-6-9-16(24)13-26/h4-5,7-8,16H,6,9-10,12-13,22,24H2,1-3H3/t16-/m1/s1.